The number of nitrogens with one attached hydrogen (secondary N) is 1. The van der Waals surface area contributed by atoms with Gasteiger partial charge in [-0.05, 0) is 30.2 Å². The molecule has 0 aliphatic carbocycles. The number of amides is 1. The van der Waals surface area contributed by atoms with E-state index in [1.807, 2.05) is 30.3 Å². The second-order valence-corrected chi connectivity index (χ2v) is 10.2. The highest BCUT2D eigenvalue weighted by molar-refractivity contribution is 7.89. The number of carbonyl (C=O) groups excluding carboxylic acids is 1. The van der Waals surface area contributed by atoms with Gasteiger partial charge in [0, 0.05) is 45.7 Å². The molecule has 1 aliphatic rings. The second-order valence-electron chi connectivity index (χ2n) is 7.75. The first-order valence-corrected chi connectivity index (χ1v) is 12.3. The van der Waals surface area contributed by atoms with Crippen molar-refractivity contribution in [1.29, 1.82) is 5.26 Å². The minimum Gasteiger partial charge on any atom is -0.368 e. The summed E-state index contributed by atoms with van der Waals surface area (Å²) in [6.45, 7) is 2.20. The average molecular weight is 488 g/mol. The summed E-state index contributed by atoms with van der Waals surface area (Å²) in [5.74, 6) is 0.763. The molecule has 33 heavy (non-hydrogen) atoms. The Morgan fingerprint density at radius 3 is 2.52 bits per heavy atom. The van der Waals surface area contributed by atoms with Crippen LogP contribution in [-0.2, 0) is 21.2 Å². The number of carbonyl (C=O) groups is 1. The maximum atomic E-state index is 12.8. The van der Waals surface area contributed by atoms with E-state index in [9.17, 15) is 13.2 Å². The monoisotopic (exact) mass is 487 g/mol. The number of benzene rings is 2. The Labute approximate surface area is 199 Å². The average Bonchev–Trinajstić information content (AvgIpc) is 3.35. The molecule has 0 radical (unpaired) electrons. The molecule has 1 aliphatic heterocycles. The number of hydrogen-bond donors (Lipinski definition) is 1. The Kier molecular flexibility index (Phi) is 8.08. The normalized spacial score (nSPS) is 13.4. The Balaban J connectivity index is 1.50. The van der Waals surface area contributed by atoms with Gasteiger partial charge in [0.15, 0.2) is 0 Å². The molecule has 0 saturated carbocycles. The Hall–Kier alpha value is -2.93. The largest absolute Gasteiger partial charge is 0.368 e. The molecule has 0 atom stereocenters. The van der Waals surface area contributed by atoms with E-state index in [4.69, 9.17) is 16.9 Å². The maximum absolute atomic E-state index is 12.8. The summed E-state index contributed by atoms with van der Waals surface area (Å²) < 4.78 is 26.7. The third kappa shape index (κ3) is 6.11. The van der Waals surface area contributed by atoms with Crippen molar-refractivity contribution in [3.8, 4) is 6.07 Å². The van der Waals surface area contributed by atoms with E-state index >= 15 is 0 Å². The molecule has 0 aromatic heterocycles. The van der Waals surface area contributed by atoms with Gasteiger partial charge in [-0.15, -0.1) is 0 Å². The highest BCUT2D eigenvalue weighted by atomic mass is 35.5. The molecule has 10 heteroatoms. The summed E-state index contributed by atoms with van der Waals surface area (Å²) in [5.41, 5.74) is 2.43. The van der Waals surface area contributed by atoms with Crippen LogP contribution in [0.25, 0.3) is 0 Å². The van der Waals surface area contributed by atoms with Gasteiger partial charge >= 0.3 is 0 Å². The van der Waals surface area contributed by atoms with E-state index in [-0.39, 0.29) is 34.4 Å². The number of rotatable bonds is 9. The third-order valence-corrected chi connectivity index (χ3v) is 7.79. The maximum Gasteiger partial charge on any atom is 0.244 e. The van der Waals surface area contributed by atoms with Crippen LogP contribution in [0.2, 0.25) is 5.02 Å². The van der Waals surface area contributed by atoms with Crippen LogP contribution in [0.3, 0.4) is 0 Å². The lowest BCUT2D eigenvalue weighted by Gasteiger charge is -2.21. The van der Waals surface area contributed by atoms with Crippen LogP contribution in [0.1, 0.15) is 23.1 Å². The molecule has 2 aromatic carbocycles. The summed E-state index contributed by atoms with van der Waals surface area (Å²) >= 11 is 6.05. The fourth-order valence-electron chi connectivity index (χ4n) is 3.35. The quantitative estimate of drug-likeness (QED) is 0.584. The zero-order chi connectivity index (χ0) is 24.0. The lowest BCUT2D eigenvalue weighted by Crippen LogP contribution is -2.34. The van der Waals surface area contributed by atoms with Crippen molar-refractivity contribution in [2.75, 3.05) is 40.3 Å². The van der Waals surface area contributed by atoms with Gasteiger partial charge in [0.1, 0.15) is 10.7 Å². The van der Waals surface area contributed by atoms with Gasteiger partial charge < -0.3 is 10.2 Å². The number of aliphatic imine (C=N–C) groups is 1. The highest BCUT2D eigenvalue weighted by Crippen LogP contribution is 2.25. The van der Waals surface area contributed by atoms with Crippen molar-refractivity contribution >= 4 is 33.4 Å². The number of hydrogen-bond acceptors (Lipinski definition) is 6. The highest BCUT2D eigenvalue weighted by Gasteiger charge is 2.24. The van der Waals surface area contributed by atoms with Crippen LogP contribution in [0, 0.1) is 11.3 Å². The van der Waals surface area contributed by atoms with E-state index in [0.717, 1.165) is 34.4 Å². The van der Waals surface area contributed by atoms with Gasteiger partial charge in [-0.2, -0.15) is 5.26 Å². The number of nitrogens with zero attached hydrogens (tertiary/aromatic N) is 4. The number of sulfonamides is 1. The summed E-state index contributed by atoms with van der Waals surface area (Å²) in [6.07, 6.45) is 0.738. The van der Waals surface area contributed by atoms with Gasteiger partial charge in [0.05, 0.1) is 23.2 Å². The van der Waals surface area contributed by atoms with E-state index in [1.54, 1.807) is 11.9 Å². The van der Waals surface area contributed by atoms with Gasteiger partial charge in [-0.25, -0.2) is 12.7 Å². The molecule has 0 fully saturated rings. The molecule has 1 heterocycles. The van der Waals surface area contributed by atoms with E-state index in [2.05, 4.69) is 10.3 Å². The minimum atomic E-state index is -3.88. The third-order valence-electron chi connectivity index (χ3n) is 5.45. The van der Waals surface area contributed by atoms with Gasteiger partial charge in [-0.1, -0.05) is 35.9 Å². The topological polar surface area (TPSA) is 106 Å². The first kappa shape index (κ1) is 24.7. The smallest absolute Gasteiger partial charge is 0.244 e. The van der Waals surface area contributed by atoms with Crippen LogP contribution in [0.15, 0.2) is 52.4 Å². The Morgan fingerprint density at radius 2 is 1.91 bits per heavy atom. The molecule has 1 amide bonds. The summed E-state index contributed by atoms with van der Waals surface area (Å²) in [4.78, 5) is 18.4. The first-order valence-electron chi connectivity index (χ1n) is 10.5. The molecule has 0 unspecified atom stereocenters. The van der Waals surface area contributed by atoms with Crippen LogP contribution >= 0.6 is 11.6 Å². The fraction of sp³-hybridized carbons (Fsp3) is 0.348. The zero-order valence-corrected chi connectivity index (χ0v) is 20.2. The summed E-state index contributed by atoms with van der Waals surface area (Å²) in [6, 6.07) is 14.0. The molecule has 174 valence electrons. The van der Waals surface area contributed by atoms with Gasteiger partial charge in [0.2, 0.25) is 15.9 Å². The number of nitriles is 1. The molecule has 0 saturated heterocycles. The molecule has 0 spiro atoms. The van der Waals surface area contributed by atoms with Crippen molar-refractivity contribution in [3.05, 3.63) is 64.2 Å². The summed E-state index contributed by atoms with van der Waals surface area (Å²) in [7, 11) is -0.763. The predicted molar refractivity (Wildman–Crippen MR) is 128 cm³/mol. The molecular weight excluding hydrogens is 462 g/mol. The minimum absolute atomic E-state index is 0.0195. The van der Waals surface area contributed by atoms with Gasteiger partial charge in [0.25, 0.3) is 0 Å². The predicted octanol–water partition coefficient (Wildman–Crippen LogP) is 2.27. The Morgan fingerprint density at radius 1 is 1.18 bits per heavy atom. The number of likely N-dealkylation sites (N-methyl/N-ethyl adjacent to an activating group) is 1. The Bertz CT molecular complexity index is 1190. The van der Waals surface area contributed by atoms with Crippen molar-refractivity contribution < 1.29 is 13.2 Å². The first-order chi connectivity index (χ1) is 15.7. The second kappa shape index (κ2) is 10.8. The van der Waals surface area contributed by atoms with Crippen molar-refractivity contribution in [3.63, 3.8) is 0 Å². The van der Waals surface area contributed by atoms with Crippen molar-refractivity contribution in [1.82, 2.24) is 14.5 Å². The van der Waals surface area contributed by atoms with E-state index in [0.29, 0.717) is 13.0 Å². The molecular formula is C23H26ClN5O3S. The number of amidine groups is 1. The molecule has 8 nitrogen and oxygen atoms in total. The molecule has 1 N–H and O–H groups in total. The standard InChI is InChI=1S/C23H26ClN5O3S/c1-28(13-9-17-3-6-19(7-4-17)23-26-11-12-27-23)22(30)10-14-29(2)33(31,32)21-8-5-18(16-25)15-20(21)24/h3-8,15H,9-14H2,1-2H3,(H,26,27). The molecule has 2 aromatic rings. The van der Waals surface area contributed by atoms with E-state index < -0.39 is 10.0 Å². The van der Waals surface area contributed by atoms with Crippen LogP contribution in [0.5, 0.6) is 0 Å². The SMILES string of the molecule is CN(CCc1ccc(C2=NCCN2)cc1)C(=O)CCN(C)S(=O)(=O)c1ccc(C#N)cc1Cl. The van der Waals surface area contributed by atoms with E-state index in [1.165, 1.54) is 25.2 Å². The molecule has 0 bridgehead atoms. The van der Waals surface area contributed by atoms with Crippen molar-refractivity contribution in [2.24, 2.45) is 4.99 Å². The number of halogens is 1. The summed E-state index contributed by atoms with van der Waals surface area (Å²) in [5, 5.41) is 12.1. The zero-order valence-electron chi connectivity index (χ0n) is 18.6. The molecule has 3 rings (SSSR count). The fourth-order valence-corrected chi connectivity index (χ4v) is 5.04. The van der Waals surface area contributed by atoms with Crippen LogP contribution < -0.4 is 5.32 Å². The van der Waals surface area contributed by atoms with Crippen molar-refractivity contribution in [2.45, 2.75) is 17.7 Å². The van der Waals surface area contributed by atoms with Gasteiger partial charge in [-0.3, -0.25) is 9.79 Å². The van der Waals surface area contributed by atoms with Crippen LogP contribution in [-0.4, -0.2) is 69.6 Å². The van der Waals surface area contributed by atoms with Crippen LogP contribution in [0.4, 0.5) is 0 Å². The lowest BCUT2D eigenvalue weighted by atomic mass is 10.1. The lowest BCUT2D eigenvalue weighted by molar-refractivity contribution is -0.129.